The smallest absolute Gasteiger partial charge is 0.231 e. The van der Waals surface area contributed by atoms with Crippen molar-refractivity contribution in [2.45, 2.75) is 18.9 Å². The molecule has 4 rings (SSSR count). The normalized spacial score (nSPS) is 18.1. The second-order valence-electron chi connectivity index (χ2n) is 7.28. The number of rotatable bonds is 6. The van der Waals surface area contributed by atoms with E-state index in [9.17, 15) is 5.21 Å². The number of methoxy groups -OCH3 is 3. The molecule has 0 bridgehead atoms. The van der Waals surface area contributed by atoms with Gasteiger partial charge >= 0.3 is 0 Å². The van der Waals surface area contributed by atoms with Crippen LogP contribution in [-0.2, 0) is 6.42 Å². The van der Waals surface area contributed by atoms with E-state index in [0.717, 1.165) is 24.1 Å². The van der Waals surface area contributed by atoms with Crippen molar-refractivity contribution in [3.63, 3.8) is 0 Å². The molecule has 0 spiro atoms. The zero-order valence-corrected chi connectivity index (χ0v) is 17.6. The van der Waals surface area contributed by atoms with Crippen LogP contribution in [0.5, 0.6) is 28.7 Å². The minimum absolute atomic E-state index is 0.0833. The molecule has 0 radical (unpaired) electrons. The van der Waals surface area contributed by atoms with Crippen LogP contribution >= 0.6 is 0 Å². The van der Waals surface area contributed by atoms with E-state index in [0.29, 0.717) is 46.4 Å². The van der Waals surface area contributed by atoms with Crippen molar-refractivity contribution in [3.05, 3.63) is 41.0 Å². The van der Waals surface area contributed by atoms with Crippen molar-refractivity contribution in [1.29, 1.82) is 0 Å². The SMILES string of the molecule is COc1ccc(OC)c(C(CC2c3c(cc4c(c3OC)OCO4)CCN2C)=NO)c1. The van der Waals surface area contributed by atoms with Gasteiger partial charge in [0.25, 0.3) is 0 Å². The van der Waals surface area contributed by atoms with Crippen LogP contribution in [0.3, 0.4) is 0 Å². The molecule has 0 aliphatic carbocycles. The Morgan fingerprint density at radius 3 is 2.70 bits per heavy atom. The van der Waals surface area contributed by atoms with Crippen LogP contribution in [0.4, 0.5) is 0 Å². The quantitative estimate of drug-likeness (QED) is 0.441. The van der Waals surface area contributed by atoms with E-state index in [1.807, 2.05) is 18.2 Å². The number of benzene rings is 2. The van der Waals surface area contributed by atoms with E-state index < -0.39 is 0 Å². The molecule has 8 nitrogen and oxygen atoms in total. The highest BCUT2D eigenvalue weighted by Gasteiger charge is 2.35. The van der Waals surface area contributed by atoms with E-state index in [4.69, 9.17) is 23.7 Å². The Balaban J connectivity index is 1.77. The van der Waals surface area contributed by atoms with Crippen LogP contribution in [0.1, 0.15) is 29.2 Å². The minimum atomic E-state index is -0.0833. The molecular formula is C22H26N2O6. The molecular weight excluding hydrogens is 388 g/mol. The average Bonchev–Trinajstić information content (AvgIpc) is 3.25. The number of hydrogen-bond acceptors (Lipinski definition) is 8. The fourth-order valence-electron chi connectivity index (χ4n) is 4.21. The molecule has 2 aliphatic heterocycles. The number of hydrogen-bond donors (Lipinski definition) is 1. The summed E-state index contributed by atoms with van der Waals surface area (Å²) < 4.78 is 27.9. The maximum Gasteiger partial charge on any atom is 0.231 e. The van der Waals surface area contributed by atoms with Gasteiger partial charge in [0.05, 0.1) is 27.0 Å². The Hall–Kier alpha value is -3.13. The van der Waals surface area contributed by atoms with Gasteiger partial charge in [-0.3, -0.25) is 4.90 Å². The first kappa shape index (κ1) is 20.2. The van der Waals surface area contributed by atoms with Gasteiger partial charge in [-0.15, -0.1) is 0 Å². The number of nitrogens with zero attached hydrogens (tertiary/aromatic N) is 2. The molecule has 0 saturated carbocycles. The minimum Gasteiger partial charge on any atom is -0.497 e. The molecule has 2 aliphatic rings. The summed E-state index contributed by atoms with van der Waals surface area (Å²) in [5.41, 5.74) is 3.35. The Labute approximate surface area is 175 Å². The lowest BCUT2D eigenvalue weighted by Crippen LogP contribution is -2.34. The maximum absolute atomic E-state index is 9.91. The van der Waals surface area contributed by atoms with E-state index in [1.165, 1.54) is 0 Å². The van der Waals surface area contributed by atoms with Gasteiger partial charge in [-0.25, -0.2) is 0 Å². The maximum atomic E-state index is 9.91. The van der Waals surface area contributed by atoms with Crippen molar-refractivity contribution >= 4 is 5.71 Å². The van der Waals surface area contributed by atoms with Crippen molar-refractivity contribution in [1.82, 2.24) is 4.90 Å². The first-order valence-electron chi connectivity index (χ1n) is 9.74. The highest BCUT2D eigenvalue weighted by Crippen LogP contribution is 2.50. The monoisotopic (exact) mass is 414 g/mol. The molecule has 0 saturated heterocycles. The molecule has 0 fully saturated rings. The van der Waals surface area contributed by atoms with Crippen molar-refractivity contribution in [2.75, 3.05) is 41.7 Å². The molecule has 2 aromatic rings. The predicted octanol–water partition coefficient (Wildman–Crippen LogP) is 3.24. The lowest BCUT2D eigenvalue weighted by atomic mass is 9.87. The van der Waals surface area contributed by atoms with Gasteiger partial charge < -0.3 is 28.9 Å². The molecule has 0 aromatic heterocycles. The van der Waals surface area contributed by atoms with E-state index in [2.05, 4.69) is 17.1 Å². The third-order valence-corrected chi connectivity index (χ3v) is 5.77. The Bertz CT molecular complexity index is 975. The average molecular weight is 414 g/mol. The zero-order valence-electron chi connectivity index (χ0n) is 17.6. The molecule has 0 amide bonds. The molecule has 160 valence electrons. The Morgan fingerprint density at radius 2 is 2.00 bits per heavy atom. The highest BCUT2D eigenvalue weighted by atomic mass is 16.7. The summed E-state index contributed by atoms with van der Waals surface area (Å²) >= 11 is 0. The third kappa shape index (κ3) is 3.37. The van der Waals surface area contributed by atoms with E-state index >= 15 is 0 Å². The first-order valence-corrected chi connectivity index (χ1v) is 9.74. The summed E-state index contributed by atoms with van der Waals surface area (Å²) in [6.45, 7) is 1.04. The summed E-state index contributed by atoms with van der Waals surface area (Å²) in [6, 6.07) is 7.37. The third-order valence-electron chi connectivity index (χ3n) is 5.77. The van der Waals surface area contributed by atoms with Gasteiger partial charge in [-0.05, 0) is 43.3 Å². The molecule has 1 atom stereocenters. The van der Waals surface area contributed by atoms with Gasteiger partial charge in [0, 0.05) is 30.1 Å². The zero-order chi connectivity index (χ0) is 21.3. The van der Waals surface area contributed by atoms with E-state index in [-0.39, 0.29) is 12.8 Å². The first-order chi connectivity index (χ1) is 14.6. The predicted molar refractivity (Wildman–Crippen MR) is 111 cm³/mol. The molecule has 2 heterocycles. The van der Waals surface area contributed by atoms with Gasteiger partial charge in [-0.1, -0.05) is 5.16 Å². The van der Waals surface area contributed by atoms with Crippen LogP contribution in [0.2, 0.25) is 0 Å². The topological polar surface area (TPSA) is 82.0 Å². The standard InChI is InChI=1S/C22H26N2O6/c1-24-8-7-13-9-19-21(30-12-29-19)22(28-4)20(13)17(24)11-16(23-25)15-10-14(26-2)5-6-18(15)27-3/h5-6,9-10,17,25H,7-8,11-12H2,1-4H3. The summed E-state index contributed by atoms with van der Waals surface area (Å²) in [7, 11) is 6.87. The van der Waals surface area contributed by atoms with Crippen LogP contribution in [0.15, 0.2) is 29.4 Å². The number of fused-ring (bicyclic) bond motifs is 2. The van der Waals surface area contributed by atoms with Gasteiger partial charge in [0.2, 0.25) is 12.5 Å². The number of likely N-dealkylation sites (N-methyl/N-ethyl adjacent to an activating group) is 1. The summed E-state index contributed by atoms with van der Waals surface area (Å²) in [5, 5.41) is 13.5. The van der Waals surface area contributed by atoms with Crippen molar-refractivity contribution in [2.24, 2.45) is 5.16 Å². The van der Waals surface area contributed by atoms with Gasteiger partial charge in [0.15, 0.2) is 11.5 Å². The molecule has 8 heteroatoms. The molecule has 2 aromatic carbocycles. The molecule has 1 N–H and O–H groups in total. The lowest BCUT2D eigenvalue weighted by Gasteiger charge is -2.36. The lowest BCUT2D eigenvalue weighted by molar-refractivity contribution is 0.170. The van der Waals surface area contributed by atoms with Crippen LogP contribution in [0, 0.1) is 0 Å². The second-order valence-corrected chi connectivity index (χ2v) is 7.28. The second kappa shape index (κ2) is 8.31. The van der Waals surface area contributed by atoms with Crippen molar-refractivity contribution in [3.8, 4) is 28.7 Å². The summed E-state index contributed by atoms with van der Waals surface area (Å²) in [4.78, 5) is 2.23. The number of oxime groups is 1. The van der Waals surface area contributed by atoms with Crippen LogP contribution in [-0.4, -0.2) is 57.5 Å². The van der Waals surface area contributed by atoms with Gasteiger partial charge in [-0.2, -0.15) is 0 Å². The fraction of sp³-hybridized carbons (Fsp3) is 0.409. The Morgan fingerprint density at radius 1 is 1.17 bits per heavy atom. The summed E-state index contributed by atoms with van der Waals surface area (Å²) in [6.07, 6.45) is 1.31. The largest absolute Gasteiger partial charge is 0.497 e. The van der Waals surface area contributed by atoms with Crippen LogP contribution in [0.25, 0.3) is 0 Å². The van der Waals surface area contributed by atoms with Crippen LogP contribution < -0.4 is 23.7 Å². The summed E-state index contributed by atoms with van der Waals surface area (Å²) in [5.74, 6) is 3.27. The van der Waals surface area contributed by atoms with Gasteiger partial charge in [0.1, 0.15) is 11.5 Å². The molecule has 30 heavy (non-hydrogen) atoms. The fourth-order valence-corrected chi connectivity index (χ4v) is 4.21. The molecule has 1 unspecified atom stereocenters. The van der Waals surface area contributed by atoms with Crippen molar-refractivity contribution < 1.29 is 28.9 Å². The highest BCUT2D eigenvalue weighted by molar-refractivity contribution is 6.03. The van der Waals surface area contributed by atoms with E-state index in [1.54, 1.807) is 27.4 Å². The Kier molecular flexibility index (Phi) is 5.59. The number of ether oxygens (including phenoxy) is 5.